The van der Waals surface area contributed by atoms with Crippen molar-refractivity contribution in [2.45, 2.75) is 18.9 Å². The van der Waals surface area contributed by atoms with Crippen LogP contribution >= 0.6 is 0 Å². The highest BCUT2D eigenvalue weighted by Gasteiger charge is 2.18. The Balaban J connectivity index is 2.20. The van der Waals surface area contributed by atoms with Gasteiger partial charge in [0, 0.05) is 0 Å². The van der Waals surface area contributed by atoms with Crippen LogP contribution in [-0.4, -0.2) is 26.6 Å². The molecule has 1 unspecified atom stereocenters. The third-order valence-electron chi connectivity index (χ3n) is 2.94. The molecule has 0 amide bonds. The summed E-state index contributed by atoms with van der Waals surface area (Å²) in [6, 6.07) is 0.305. The molecule has 17 heavy (non-hydrogen) atoms. The van der Waals surface area contributed by atoms with Crippen LogP contribution in [0.1, 0.15) is 18.9 Å². The molecule has 88 valence electrons. The second-order valence-corrected chi connectivity index (χ2v) is 3.99. The summed E-state index contributed by atoms with van der Waals surface area (Å²) in [4.78, 5) is 12.6. The van der Waals surface area contributed by atoms with E-state index in [2.05, 4.69) is 27.1 Å². The molecule has 0 radical (unpaired) electrons. The number of imidazole rings is 1. The van der Waals surface area contributed by atoms with Crippen LogP contribution in [0.15, 0.2) is 18.5 Å². The first kappa shape index (κ1) is 10.1. The second kappa shape index (κ2) is 3.73. The Morgan fingerprint density at radius 1 is 1.47 bits per heavy atom. The van der Waals surface area contributed by atoms with E-state index in [-0.39, 0.29) is 5.95 Å². The van der Waals surface area contributed by atoms with Gasteiger partial charge in [0.1, 0.15) is 0 Å². The minimum absolute atomic E-state index is 0.207. The van der Waals surface area contributed by atoms with E-state index < -0.39 is 0 Å². The fraction of sp³-hybridized carbons (Fsp3) is 0.364. The SMILES string of the molecule is COc1nc(N)nc2c1ncn2C1C=CCC1. The van der Waals surface area contributed by atoms with Gasteiger partial charge in [0.2, 0.25) is 11.8 Å². The van der Waals surface area contributed by atoms with Gasteiger partial charge in [-0.05, 0) is 12.8 Å². The van der Waals surface area contributed by atoms with E-state index in [1.165, 1.54) is 0 Å². The Morgan fingerprint density at radius 2 is 2.35 bits per heavy atom. The van der Waals surface area contributed by atoms with E-state index in [0.717, 1.165) is 18.5 Å². The normalized spacial score (nSPS) is 19.0. The number of aromatic nitrogens is 4. The largest absolute Gasteiger partial charge is 0.479 e. The number of hydrogen-bond donors (Lipinski definition) is 1. The highest BCUT2D eigenvalue weighted by molar-refractivity contribution is 5.77. The Kier molecular flexibility index (Phi) is 2.21. The van der Waals surface area contributed by atoms with Gasteiger partial charge in [0.05, 0.1) is 19.5 Å². The second-order valence-electron chi connectivity index (χ2n) is 3.99. The van der Waals surface area contributed by atoms with E-state index in [1.807, 2.05) is 4.57 Å². The lowest BCUT2D eigenvalue weighted by Crippen LogP contribution is -2.05. The monoisotopic (exact) mass is 231 g/mol. The molecule has 0 aromatic carbocycles. The maximum absolute atomic E-state index is 5.67. The van der Waals surface area contributed by atoms with E-state index in [0.29, 0.717) is 17.4 Å². The van der Waals surface area contributed by atoms with Crippen molar-refractivity contribution in [1.29, 1.82) is 0 Å². The number of ether oxygens (including phenoxy) is 1. The number of nitrogens with zero attached hydrogens (tertiary/aromatic N) is 4. The van der Waals surface area contributed by atoms with Gasteiger partial charge in [-0.25, -0.2) is 4.98 Å². The van der Waals surface area contributed by atoms with Crippen molar-refractivity contribution >= 4 is 17.1 Å². The van der Waals surface area contributed by atoms with Crippen molar-refractivity contribution < 1.29 is 4.74 Å². The molecule has 2 aromatic heterocycles. The highest BCUT2D eigenvalue weighted by atomic mass is 16.5. The van der Waals surface area contributed by atoms with Crippen LogP contribution in [-0.2, 0) is 0 Å². The zero-order valence-electron chi connectivity index (χ0n) is 9.50. The highest BCUT2D eigenvalue weighted by Crippen LogP contribution is 2.28. The average Bonchev–Trinajstić information content (AvgIpc) is 2.94. The minimum atomic E-state index is 0.207. The molecule has 3 rings (SSSR count). The first-order valence-electron chi connectivity index (χ1n) is 5.50. The summed E-state index contributed by atoms with van der Waals surface area (Å²) in [5.74, 6) is 0.631. The molecule has 2 aromatic rings. The first-order valence-corrected chi connectivity index (χ1v) is 5.50. The predicted octanol–water partition coefficient (Wildman–Crippen LogP) is 1.31. The molecular weight excluding hydrogens is 218 g/mol. The quantitative estimate of drug-likeness (QED) is 0.788. The van der Waals surface area contributed by atoms with Gasteiger partial charge < -0.3 is 15.0 Å². The molecule has 6 nitrogen and oxygen atoms in total. The van der Waals surface area contributed by atoms with Gasteiger partial charge in [-0.15, -0.1) is 0 Å². The number of nitrogens with two attached hydrogens (primary N) is 1. The smallest absolute Gasteiger partial charge is 0.246 e. The van der Waals surface area contributed by atoms with Crippen molar-refractivity contribution in [3.63, 3.8) is 0 Å². The summed E-state index contributed by atoms with van der Waals surface area (Å²) in [6.07, 6.45) is 8.24. The maximum atomic E-state index is 5.67. The molecule has 2 heterocycles. The number of rotatable bonds is 2. The molecule has 6 heteroatoms. The lowest BCUT2D eigenvalue weighted by atomic mass is 10.2. The first-order chi connectivity index (χ1) is 8.29. The van der Waals surface area contributed by atoms with Crippen molar-refractivity contribution in [3.8, 4) is 5.88 Å². The minimum Gasteiger partial charge on any atom is -0.479 e. The van der Waals surface area contributed by atoms with Crippen LogP contribution in [0.3, 0.4) is 0 Å². The predicted molar refractivity (Wildman–Crippen MR) is 63.7 cm³/mol. The number of allylic oxidation sites excluding steroid dienone is 2. The zero-order chi connectivity index (χ0) is 11.8. The number of nitrogen functional groups attached to an aromatic ring is 1. The fourth-order valence-electron chi connectivity index (χ4n) is 2.14. The van der Waals surface area contributed by atoms with Gasteiger partial charge in [-0.3, -0.25) is 0 Å². The molecule has 0 bridgehead atoms. The lowest BCUT2D eigenvalue weighted by Gasteiger charge is -2.10. The van der Waals surface area contributed by atoms with Crippen LogP contribution in [0.2, 0.25) is 0 Å². The van der Waals surface area contributed by atoms with E-state index in [4.69, 9.17) is 10.5 Å². The van der Waals surface area contributed by atoms with Gasteiger partial charge in [0.15, 0.2) is 11.2 Å². The van der Waals surface area contributed by atoms with Gasteiger partial charge >= 0.3 is 0 Å². The molecule has 0 saturated carbocycles. The molecule has 1 aliphatic carbocycles. The van der Waals surface area contributed by atoms with Crippen LogP contribution in [0.5, 0.6) is 5.88 Å². The Hall–Kier alpha value is -2.11. The summed E-state index contributed by atoms with van der Waals surface area (Å²) < 4.78 is 7.17. The molecule has 1 atom stereocenters. The summed E-state index contributed by atoms with van der Waals surface area (Å²) in [5.41, 5.74) is 7.05. The van der Waals surface area contributed by atoms with Crippen molar-refractivity contribution in [2.75, 3.05) is 12.8 Å². The third-order valence-corrected chi connectivity index (χ3v) is 2.94. The molecule has 2 N–H and O–H groups in total. The molecule has 0 aliphatic heterocycles. The zero-order valence-corrected chi connectivity index (χ0v) is 9.50. The van der Waals surface area contributed by atoms with E-state index in [1.54, 1.807) is 13.4 Å². The Bertz CT molecular complexity index is 589. The van der Waals surface area contributed by atoms with E-state index in [9.17, 15) is 0 Å². The van der Waals surface area contributed by atoms with Crippen LogP contribution in [0.25, 0.3) is 11.2 Å². The average molecular weight is 231 g/mol. The maximum Gasteiger partial charge on any atom is 0.246 e. The summed E-state index contributed by atoms with van der Waals surface area (Å²) in [6.45, 7) is 0. The van der Waals surface area contributed by atoms with Gasteiger partial charge in [0.25, 0.3) is 0 Å². The number of anilines is 1. The summed E-state index contributed by atoms with van der Waals surface area (Å²) in [5, 5.41) is 0. The number of hydrogen-bond acceptors (Lipinski definition) is 5. The molecule has 0 fully saturated rings. The lowest BCUT2D eigenvalue weighted by molar-refractivity contribution is 0.402. The third kappa shape index (κ3) is 1.52. The molecular formula is C11H13N5O. The van der Waals surface area contributed by atoms with Crippen molar-refractivity contribution in [3.05, 3.63) is 18.5 Å². The van der Waals surface area contributed by atoms with Gasteiger partial charge in [-0.1, -0.05) is 12.2 Å². The van der Waals surface area contributed by atoms with Gasteiger partial charge in [-0.2, -0.15) is 9.97 Å². The topological polar surface area (TPSA) is 78.8 Å². The Morgan fingerprint density at radius 3 is 3.06 bits per heavy atom. The number of methoxy groups -OCH3 is 1. The van der Waals surface area contributed by atoms with Crippen molar-refractivity contribution in [2.24, 2.45) is 0 Å². The molecule has 0 saturated heterocycles. The standard InChI is InChI=1S/C11H13N5O/c1-17-10-8-9(14-11(12)15-10)16(6-13-8)7-4-2-3-5-7/h2,4,6-7H,3,5H2,1H3,(H2,12,14,15). The van der Waals surface area contributed by atoms with Crippen LogP contribution in [0.4, 0.5) is 5.95 Å². The van der Waals surface area contributed by atoms with Crippen LogP contribution < -0.4 is 10.5 Å². The van der Waals surface area contributed by atoms with E-state index >= 15 is 0 Å². The molecule has 0 spiro atoms. The fourth-order valence-corrected chi connectivity index (χ4v) is 2.14. The summed E-state index contributed by atoms with van der Waals surface area (Å²) in [7, 11) is 1.55. The number of fused-ring (bicyclic) bond motifs is 1. The molecule has 1 aliphatic rings. The summed E-state index contributed by atoms with van der Waals surface area (Å²) >= 11 is 0. The Labute approximate surface area is 98.1 Å². The van der Waals surface area contributed by atoms with Crippen LogP contribution in [0, 0.1) is 0 Å². The van der Waals surface area contributed by atoms with Crippen molar-refractivity contribution in [1.82, 2.24) is 19.5 Å².